The third-order valence-corrected chi connectivity index (χ3v) is 4.47. The molecule has 0 aliphatic carbocycles. The number of nitriles is 1. The molecule has 5 heteroatoms. The predicted molar refractivity (Wildman–Crippen MR) is 96.2 cm³/mol. The van der Waals surface area contributed by atoms with Gasteiger partial charge in [0.25, 0.3) is 5.91 Å². The van der Waals surface area contributed by atoms with Crippen LogP contribution in [0.25, 0.3) is 0 Å². The monoisotopic (exact) mass is 348 g/mol. The van der Waals surface area contributed by atoms with E-state index in [4.69, 9.17) is 10.00 Å². The van der Waals surface area contributed by atoms with Crippen LogP contribution in [-0.2, 0) is 9.53 Å². The molecule has 0 N–H and O–H groups in total. The molecule has 0 bridgehead atoms. The smallest absolute Gasteiger partial charge is 0.339 e. The molecule has 0 aromatic heterocycles. The molecule has 1 aliphatic rings. The molecule has 1 aliphatic heterocycles. The zero-order valence-corrected chi connectivity index (χ0v) is 14.4. The lowest BCUT2D eigenvalue weighted by molar-refractivity contribution is -0.142. The second-order valence-electron chi connectivity index (χ2n) is 6.27. The van der Waals surface area contributed by atoms with E-state index in [0.717, 1.165) is 19.3 Å². The predicted octanol–water partition coefficient (Wildman–Crippen LogP) is 3.47. The van der Waals surface area contributed by atoms with E-state index in [0.29, 0.717) is 29.8 Å². The molecule has 1 saturated heterocycles. The van der Waals surface area contributed by atoms with E-state index in [-0.39, 0.29) is 5.91 Å². The van der Waals surface area contributed by atoms with Crippen molar-refractivity contribution in [3.8, 4) is 6.07 Å². The van der Waals surface area contributed by atoms with Gasteiger partial charge in [0.05, 0.1) is 17.2 Å². The Balaban J connectivity index is 1.82. The van der Waals surface area contributed by atoms with E-state index < -0.39 is 12.1 Å². The highest BCUT2D eigenvalue weighted by atomic mass is 16.5. The summed E-state index contributed by atoms with van der Waals surface area (Å²) in [5.41, 5.74) is 1.44. The van der Waals surface area contributed by atoms with E-state index in [2.05, 4.69) is 0 Å². The van der Waals surface area contributed by atoms with E-state index in [9.17, 15) is 9.59 Å². The highest BCUT2D eigenvalue weighted by Crippen LogP contribution is 2.24. The molecule has 1 atom stereocenters. The number of carbonyl (C=O) groups is 2. The third kappa shape index (κ3) is 4.09. The van der Waals surface area contributed by atoms with Crippen LogP contribution < -0.4 is 0 Å². The molecular weight excluding hydrogens is 328 g/mol. The molecule has 5 nitrogen and oxygen atoms in total. The number of ether oxygens (including phenoxy) is 1. The van der Waals surface area contributed by atoms with Gasteiger partial charge in [0, 0.05) is 18.7 Å². The molecule has 0 saturated carbocycles. The Kier molecular flexibility index (Phi) is 5.65. The molecule has 1 unspecified atom stereocenters. The molecule has 3 rings (SSSR count). The number of esters is 1. The van der Waals surface area contributed by atoms with Gasteiger partial charge >= 0.3 is 5.97 Å². The summed E-state index contributed by atoms with van der Waals surface area (Å²) in [7, 11) is 0. The molecule has 0 spiro atoms. The third-order valence-electron chi connectivity index (χ3n) is 4.47. The first kappa shape index (κ1) is 17.7. The summed E-state index contributed by atoms with van der Waals surface area (Å²) in [5.74, 6) is -0.758. The van der Waals surface area contributed by atoms with Gasteiger partial charge in [0.15, 0.2) is 0 Å². The molecule has 26 heavy (non-hydrogen) atoms. The lowest BCUT2D eigenvalue weighted by Gasteiger charge is -2.30. The summed E-state index contributed by atoms with van der Waals surface area (Å²) in [6.07, 6.45) is 2.09. The van der Waals surface area contributed by atoms with Gasteiger partial charge in [-0.2, -0.15) is 5.26 Å². The number of carbonyl (C=O) groups excluding carboxylic acids is 2. The maximum absolute atomic E-state index is 13.0. The lowest BCUT2D eigenvalue weighted by atomic mass is 10.1. The van der Waals surface area contributed by atoms with Gasteiger partial charge in [-0.05, 0) is 43.5 Å². The largest absolute Gasteiger partial charge is 0.444 e. The van der Waals surface area contributed by atoms with Crippen LogP contribution in [0.2, 0.25) is 0 Å². The van der Waals surface area contributed by atoms with Crippen molar-refractivity contribution < 1.29 is 14.3 Å². The summed E-state index contributed by atoms with van der Waals surface area (Å²) in [6.45, 7) is 1.38. The van der Waals surface area contributed by atoms with Crippen molar-refractivity contribution in [2.75, 3.05) is 13.1 Å². The van der Waals surface area contributed by atoms with E-state index in [1.165, 1.54) is 12.1 Å². The zero-order valence-electron chi connectivity index (χ0n) is 14.4. The normalized spacial score (nSPS) is 15.0. The summed E-state index contributed by atoms with van der Waals surface area (Å²) >= 11 is 0. The molecule has 132 valence electrons. The number of piperidine rings is 1. The fourth-order valence-electron chi connectivity index (χ4n) is 3.02. The number of amides is 1. The SMILES string of the molecule is N#Cc1ccc(C(=O)OC(C(=O)N2CCCCC2)c2ccccc2)cc1. The molecule has 2 aromatic rings. The minimum Gasteiger partial charge on any atom is -0.444 e. The van der Waals surface area contributed by atoms with Crippen LogP contribution in [0.15, 0.2) is 54.6 Å². The minimum atomic E-state index is -0.961. The Labute approximate surface area is 152 Å². The Hall–Kier alpha value is -3.13. The molecule has 2 aromatic carbocycles. The minimum absolute atomic E-state index is 0.183. The molecule has 0 radical (unpaired) electrons. The van der Waals surface area contributed by atoms with Crippen LogP contribution in [0.3, 0.4) is 0 Å². The Bertz CT molecular complexity index is 803. The van der Waals surface area contributed by atoms with Crippen LogP contribution >= 0.6 is 0 Å². The maximum atomic E-state index is 13.0. The van der Waals surface area contributed by atoms with Crippen molar-refractivity contribution in [1.82, 2.24) is 4.90 Å². The first-order valence-electron chi connectivity index (χ1n) is 8.74. The summed E-state index contributed by atoms with van der Waals surface area (Å²) in [5, 5.41) is 8.86. The average Bonchev–Trinajstić information content (AvgIpc) is 2.72. The second-order valence-corrected chi connectivity index (χ2v) is 6.27. The number of benzene rings is 2. The quantitative estimate of drug-likeness (QED) is 0.793. The van der Waals surface area contributed by atoms with Gasteiger partial charge in [0.2, 0.25) is 6.10 Å². The van der Waals surface area contributed by atoms with E-state index in [1.807, 2.05) is 24.3 Å². The van der Waals surface area contributed by atoms with Gasteiger partial charge < -0.3 is 9.64 Å². The van der Waals surface area contributed by atoms with Gasteiger partial charge in [-0.1, -0.05) is 30.3 Å². The van der Waals surface area contributed by atoms with Crippen LogP contribution in [0.1, 0.15) is 46.9 Å². The fraction of sp³-hybridized carbons (Fsp3) is 0.286. The number of rotatable bonds is 4. The van der Waals surface area contributed by atoms with Crippen molar-refractivity contribution in [3.63, 3.8) is 0 Å². The number of nitrogens with zero attached hydrogens (tertiary/aromatic N) is 2. The fourth-order valence-corrected chi connectivity index (χ4v) is 3.02. The highest BCUT2D eigenvalue weighted by Gasteiger charge is 2.30. The van der Waals surface area contributed by atoms with Crippen LogP contribution in [0.5, 0.6) is 0 Å². The number of likely N-dealkylation sites (tertiary alicyclic amines) is 1. The van der Waals surface area contributed by atoms with Crippen molar-refractivity contribution in [2.24, 2.45) is 0 Å². The van der Waals surface area contributed by atoms with Crippen LogP contribution in [0.4, 0.5) is 0 Å². The van der Waals surface area contributed by atoms with Crippen molar-refractivity contribution >= 4 is 11.9 Å². The summed E-state index contributed by atoms with van der Waals surface area (Å²) in [4.78, 5) is 27.3. The van der Waals surface area contributed by atoms with Gasteiger partial charge in [0.1, 0.15) is 0 Å². The standard InChI is InChI=1S/C21H20N2O3/c22-15-16-9-11-18(12-10-16)21(25)26-19(17-7-3-1-4-8-17)20(24)23-13-5-2-6-14-23/h1,3-4,7-12,19H,2,5-6,13-14H2. The molecule has 1 fully saturated rings. The first-order valence-corrected chi connectivity index (χ1v) is 8.74. The zero-order chi connectivity index (χ0) is 18.4. The van der Waals surface area contributed by atoms with Crippen molar-refractivity contribution in [1.29, 1.82) is 5.26 Å². The number of hydrogen-bond acceptors (Lipinski definition) is 4. The molecular formula is C21H20N2O3. The summed E-state index contributed by atoms with van der Waals surface area (Å²) in [6, 6.07) is 17.3. The van der Waals surface area contributed by atoms with E-state index in [1.54, 1.807) is 29.2 Å². The second kappa shape index (κ2) is 8.30. The molecule has 1 heterocycles. The Morgan fingerprint density at radius 3 is 2.23 bits per heavy atom. The Morgan fingerprint density at radius 2 is 1.62 bits per heavy atom. The van der Waals surface area contributed by atoms with Crippen LogP contribution in [0, 0.1) is 11.3 Å². The van der Waals surface area contributed by atoms with Crippen molar-refractivity contribution in [2.45, 2.75) is 25.4 Å². The highest BCUT2D eigenvalue weighted by molar-refractivity contribution is 5.92. The summed E-state index contributed by atoms with van der Waals surface area (Å²) < 4.78 is 5.60. The maximum Gasteiger partial charge on any atom is 0.339 e. The van der Waals surface area contributed by atoms with Gasteiger partial charge in [-0.3, -0.25) is 4.79 Å². The average molecular weight is 348 g/mol. The van der Waals surface area contributed by atoms with Gasteiger partial charge in [-0.15, -0.1) is 0 Å². The van der Waals surface area contributed by atoms with Crippen molar-refractivity contribution in [3.05, 3.63) is 71.3 Å². The number of hydrogen-bond donors (Lipinski definition) is 0. The molecule has 1 amide bonds. The first-order chi connectivity index (χ1) is 12.7. The van der Waals surface area contributed by atoms with Gasteiger partial charge in [-0.25, -0.2) is 4.79 Å². The topological polar surface area (TPSA) is 70.4 Å². The van der Waals surface area contributed by atoms with E-state index >= 15 is 0 Å². The van der Waals surface area contributed by atoms with Crippen LogP contribution in [-0.4, -0.2) is 29.9 Å². The lowest BCUT2D eigenvalue weighted by Crippen LogP contribution is -2.40. The Morgan fingerprint density at radius 1 is 0.962 bits per heavy atom.